The summed E-state index contributed by atoms with van der Waals surface area (Å²) in [5.41, 5.74) is 2.08. The van der Waals surface area contributed by atoms with E-state index in [0.29, 0.717) is 6.61 Å². The molecule has 0 bridgehead atoms. The second-order valence-corrected chi connectivity index (χ2v) is 5.15. The minimum absolute atomic E-state index is 0.0452. The molecule has 0 saturated carbocycles. The average molecular weight is 288 g/mol. The Labute approximate surface area is 126 Å². The summed E-state index contributed by atoms with van der Waals surface area (Å²) in [5, 5.41) is 3.53. The van der Waals surface area contributed by atoms with Crippen molar-refractivity contribution in [3.63, 3.8) is 0 Å². The largest absolute Gasteiger partial charge is 0.492 e. The standard InChI is InChI=1S/C16H24N4O/c1-4-6-18-16(15-11-20(3)12-19-15)13-8-14(10-17-9-13)21-7-5-2/h8-12,16,18H,4-7H2,1-3H3. The molecule has 0 aromatic carbocycles. The lowest BCUT2D eigenvalue weighted by Gasteiger charge is -2.17. The van der Waals surface area contributed by atoms with E-state index in [2.05, 4.69) is 29.1 Å². The monoisotopic (exact) mass is 288 g/mol. The molecule has 1 unspecified atom stereocenters. The third-order valence-corrected chi connectivity index (χ3v) is 3.16. The number of nitrogens with one attached hydrogen (secondary N) is 1. The molecular weight excluding hydrogens is 264 g/mol. The van der Waals surface area contributed by atoms with Crippen LogP contribution >= 0.6 is 0 Å². The van der Waals surface area contributed by atoms with E-state index in [1.54, 1.807) is 6.20 Å². The fourth-order valence-electron chi connectivity index (χ4n) is 2.16. The first-order valence-electron chi connectivity index (χ1n) is 7.53. The van der Waals surface area contributed by atoms with E-state index >= 15 is 0 Å². The van der Waals surface area contributed by atoms with Crippen LogP contribution in [-0.4, -0.2) is 27.7 Å². The number of nitrogens with zero attached hydrogens (tertiary/aromatic N) is 3. The molecule has 0 radical (unpaired) electrons. The summed E-state index contributed by atoms with van der Waals surface area (Å²) in [6, 6.07) is 2.09. The number of imidazole rings is 1. The van der Waals surface area contributed by atoms with Crippen LogP contribution in [-0.2, 0) is 7.05 Å². The molecule has 0 saturated heterocycles. The normalized spacial score (nSPS) is 12.3. The molecule has 0 spiro atoms. The number of aryl methyl sites for hydroxylation is 1. The molecule has 21 heavy (non-hydrogen) atoms. The zero-order valence-corrected chi connectivity index (χ0v) is 13.0. The van der Waals surface area contributed by atoms with Crippen molar-refractivity contribution in [2.24, 2.45) is 7.05 Å². The Hall–Kier alpha value is -1.88. The molecule has 2 aromatic heterocycles. The van der Waals surface area contributed by atoms with Gasteiger partial charge >= 0.3 is 0 Å². The van der Waals surface area contributed by atoms with Gasteiger partial charge < -0.3 is 14.6 Å². The number of hydrogen-bond acceptors (Lipinski definition) is 4. The maximum Gasteiger partial charge on any atom is 0.137 e. The molecule has 0 amide bonds. The zero-order chi connectivity index (χ0) is 15.1. The quantitative estimate of drug-likeness (QED) is 0.811. The maximum absolute atomic E-state index is 5.68. The lowest BCUT2D eigenvalue weighted by Crippen LogP contribution is -2.23. The van der Waals surface area contributed by atoms with Gasteiger partial charge in [-0.2, -0.15) is 0 Å². The number of ether oxygens (including phenoxy) is 1. The lowest BCUT2D eigenvalue weighted by atomic mass is 10.1. The molecule has 0 aliphatic carbocycles. The SMILES string of the molecule is CCCNC(c1cncc(OCCC)c1)c1cn(C)cn1. The Morgan fingerprint density at radius 2 is 2.14 bits per heavy atom. The van der Waals surface area contributed by atoms with Crippen LogP contribution in [0.1, 0.15) is 44.0 Å². The fourth-order valence-corrected chi connectivity index (χ4v) is 2.16. The smallest absolute Gasteiger partial charge is 0.137 e. The van der Waals surface area contributed by atoms with E-state index in [0.717, 1.165) is 36.4 Å². The number of hydrogen-bond donors (Lipinski definition) is 1. The molecule has 114 valence electrons. The number of pyridine rings is 1. The van der Waals surface area contributed by atoms with Crippen molar-refractivity contribution in [1.29, 1.82) is 0 Å². The lowest BCUT2D eigenvalue weighted by molar-refractivity contribution is 0.315. The number of aromatic nitrogens is 3. The highest BCUT2D eigenvalue weighted by Crippen LogP contribution is 2.23. The highest BCUT2D eigenvalue weighted by atomic mass is 16.5. The predicted molar refractivity (Wildman–Crippen MR) is 83.4 cm³/mol. The van der Waals surface area contributed by atoms with Gasteiger partial charge in [0.15, 0.2) is 0 Å². The Kier molecular flexibility index (Phi) is 5.75. The molecular formula is C16H24N4O. The highest BCUT2D eigenvalue weighted by Gasteiger charge is 2.17. The first kappa shape index (κ1) is 15.5. The Morgan fingerprint density at radius 3 is 2.81 bits per heavy atom. The van der Waals surface area contributed by atoms with E-state index in [9.17, 15) is 0 Å². The van der Waals surface area contributed by atoms with Crippen molar-refractivity contribution in [1.82, 2.24) is 19.9 Å². The van der Waals surface area contributed by atoms with Crippen molar-refractivity contribution in [2.75, 3.05) is 13.2 Å². The van der Waals surface area contributed by atoms with Crippen LogP contribution in [0.5, 0.6) is 5.75 Å². The number of rotatable bonds is 8. The molecule has 1 N–H and O–H groups in total. The van der Waals surface area contributed by atoms with Gasteiger partial charge in [-0.25, -0.2) is 4.98 Å². The summed E-state index contributed by atoms with van der Waals surface area (Å²) in [6.45, 7) is 5.89. The topological polar surface area (TPSA) is 52.0 Å². The van der Waals surface area contributed by atoms with Crippen molar-refractivity contribution in [2.45, 2.75) is 32.7 Å². The van der Waals surface area contributed by atoms with E-state index < -0.39 is 0 Å². The van der Waals surface area contributed by atoms with Gasteiger partial charge in [-0.3, -0.25) is 4.98 Å². The van der Waals surface area contributed by atoms with Gasteiger partial charge in [0, 0.05) is 19.4 Å². The first-order valence-corrected chi connectivity index (χ1v) is 7.53. The molecule has 5 heteroatoms. The van der Waals surface area contributed by atoms with Gasteiger partial charge in [0.25, 0.3) is 0 Å². The summed E-state index contributed by atoms with van der Waals surface area (Å²) in [5.74, 6) is 0.813. The van der Waals surface area contributed by atoms with Crippen LogP contribution < -0.4 is 10.1 Å². The Bertz CT molecular complexity index is 553. The van der Waals surface area contributed by atoms with Crippen molar-refractivity contribution in [3.05, 3.63) is 42.2 Å². The molecule has 1 atom stereocenters. The van der Waals surface area contributed by atoms with Crippen LogP contribution in [0.4, 0.5) is 0 Å². The van der Waals surface area contributed by atoms with Crippen molar-refractivity contribution >= 4 is 0 Å². The molecule has 2 rings (SSSR count). The van der Waals surface area contributed by atoms with Gasteiger partial charge in [0.1, 0.15) is 5.75 Å². The summed E-state index contributed by atoms with van der Waals surface area (Å²) >= 11 is 0. The van der Waals surface area contributed by atoms with Gasteiger partial charge in [0.05, 0.1) is 30.9 Å². The predicted octanol–water partition coefficient (Wildman–Crippen LogP) is 2.69. The molecule has 2 heterocycles. The van der Waals surface area contributed by atoms with E-state index in [1.165, 1.54) is 0 Å². The molecule has 0 aliphatic heterocycles. The van der Waals surface area contributed by atoms with E-state index in [1.807, 2.05) is 36.4 Å². The van der Waals surface area contributed by atoms with Crippen molar-refractivity contribution < 1.29 is 4.74 Å². The summed E-state index contributed by atoms with van der Waals surface area (Å²) < 4.78 is 7.63. The van der Waals surface area contributed by atoms with Crippen molar-refractivity contribution in [3.8, 4) is 5.75 Å². The van der Waals surface area contributed by atoms with E-state index in [-0.39, 0.29) is 6.04 Å². The minimum atomic E-state index is 0.0452. The Morgan fingerprint density at radius 1 is 1.29 bits per heavy atom. The summed E-state index contributed by atoms with van der Waals surface area (Å²) in [4.78, 5) is 8.77. The van der Waals surface area contributed by atoms with Crippen LogP contribution in [0, 0.1) is 0 Å². The third-order valence-electron chi connectivity index (χ3n) is 3.16. The second-order valence-electron chi connectivity index (χ2n) is 5.15. The maximum atomic E-state index is 5.68. The Balaban J connectivity index is 2.23. The fraction of sp³-hybridized carbons (Fsp3) is 0.500. The van der Waals surface area contributed by atoms with Crippen LogP contribution in [0.25, 0.3) is 0 Å². The molecule has 5 nitrogen and oxygen atoms in total. The molecule has 0 aliphatic rings. The second kappa shape index (κ2) is 7.78. The van der Waals surface area contributed by atoms with E-state index in [4.69, 9.17) is 4.74 Å². The first-order chi connectivity index (χ1) is 10.2. The average Bonchev–Trinajstić information content (AvgIpc) is 2.92. The summed E-state index contributed by atoms with van der Waals surface area (Å²) in [6.07, 6.45) is 9.55. The van der Waals surface area contributed by atoms with Crippen LogP contribution in [0.3, 0.4) is 0 Å². The van der Waals surface area contributed by atoms with Gasteiger partial charge in [-0.05, 0) is 31.0 Å². The molecule has 2 aromatic rings. The van der Waals surface area contributed by atoms with Gasteiger partial charge in [-0.15, -0.1) is 0 Å². The zero-order valence-electron chi connectivity index (χ0n) is 13.0. The highest BCUT2D eigenvalue weighted by molar-refractivity contribution is 5.30. The minimum Gasteiger partial charge on any atom is -0.492 e. The van der Waals surface area contributed by atoms with Gasteiger partial charge in [0.2, 0.25) is 0 Å². The van der Waals surface area contributed by atoms with Crippen LogP contribution in [0.2, 0.25) is 0 Å². The third kappa shape index (κ3) is 4.29. The van der Waals surface area contributed by atoms with Gasteiger partial charge in [-0.1, -0.05) is 13.8 Å². The molecule has 0 fully saturated rings. The summed E-state index contributed by atoms with van der Waals surface area (Å²) in [7, 11) is 1.98. The van der Waals surface area contributed by atoms with Crippen LogP contribution in [0.15, 0.2) is 31.0 Å².